The molecule has 0 fully saturated rings. The van der Waals surface area contributed by atoms with Gasteiger partial charge >= 0.3 is 0 Å². The number of nitrogens with zero attached hydrogens (tertiary/aromatic N) is 4. The molecule has 3 aromatic heterocycles. The zero-order valence-corrected chi connectivity index (χ0v) is 26.0. The van der Waals surface area contributed by atoms with Crippen LogP contribution in [0.5, 0.6) is 5.75 Å². The SMILES string of the molecule is Cn1c(-c2cc(C(C)(C)C)cc(C(C)(C)C)c2O)nc2c(-c3cc(-c4ccccc4)cc(-c4ccccn4)c3)ccnc21. The van der Waals surface area contributed by atoms with Crippen molar-refractivity contribution < 1.29 is 5.11 Å². The molecule has 0 aliphatic carbocycles. The van der Waals surface area contributed by atoms with Gasteiger partial charge in [-0.3, -0.25) is 4.98 Å². The van der Waals surface area contributed by atoms with E-state index in [9.17, 15) is 5.11 Å². The van der Waals surface area contributed by atoms with Crippen LogP contribution in [0.4, 0.5) is 0 Å². The summed E-state index contributed by atoms with van der Waals surface area (Å²) in [6.07, 6.45) is 3.66. The Labute approximate surface area is 253 Å². The molecule has 6 rings (SSSR count). The van der Waals surface area contributed by atoms with Crippen LogP contribution in [0.15, 0.2) is 97.3 Å². The van der Waals surface area contributed by atoms with E-state index in [2.05, 4.69) is 101 Å². The molecule has 216 valence electrons. The minimum Gasteiger partial charge on any atom is -0.507 e. The second kappa shape index (κ2) is 10.5. The lowest BCUT2D eigenvalue weighted by molar-refractivity contribution is 0.446. The first-order chi connectivity index (χ1) is 20.4. The molecule has 0 bridgehead atoms. The molecule has 0 radical (unpaired) electrons. The summed E-state index contributed by atoms with van der Waals surface area (Å²) in [7, 11) is 1.97. The monoisotopic (exact) mass is 566 g/mol. The van der Waals surface area contributed by atoms with Gasteiger partial charge in [0.1, 0.15) is 17.1 Å². The largest absolute Gasteiger partial charge is 0.507 e. The van der Waals surface area contributed by atoms with Gasteiger partial charge in [-0.25, -0.2) is 9.97 Å². The molecule has 43 heavy (non-hydrogen) atoms. The third-order valence-electron chi connectivity index (χ3n) is 8.09. The van der Waals surface area contributed by atoms with Crippen LogP contribution in [0.25, 0.3) is 56.1 Å². The Morgan fingerprint density at radius 1 is 0.628 bits per heavy atom. The number of aryl methyl sites for hydroxylation is 1. The molecule has 3 aromatic carbocycles. The third kappa shape index (κ3) is 5.32. The molecule has 0 amide bonds. The van der Waals surface area contributed by atoms with E-state index in [1.54, 1.807) is 0 Å². The quantitative estimate of drug-likeness (QED) is 0.231. The Kier molecular flexibility index (Phi) is 6.92. The number of phenols is 1. The molecule has 0 aliphatic rings. The molecule has 0 saturated carbocycles. The van der Waals surface area contributed by atoms with Gasteiger partial charge in [0.15, 0.2) is 5.65 Å². The number of aromatic hydroxyl groups is 1. The lowest BCUT2D eigenvalue weighted by atomic mass is 9.79. The lowest BCUT2D eigenvalue weighted by Gasteiger charge is -2.27. The predicted octanol–water partition coefficient (Wildman–Crippen LogP) is 9.33. The van der Waals surface area contributed by atoms with E-state index < -0.39 is 0 Å². The Bertz CT molecular complexity index is 1890. The van der Waals surface area contributed by atoms with Gasteiger partial charge in [0.25, 0.3) is 0 Å². The molecule has 0 saturated heterocycles. The minimum absolute atomic E-state index is 0.101. The molecule has 5 nitrogen and oxygen atoms in total. The summed E-state index contributed by atoms with van der Waals surface area (Å²) in [5.74, 6) is 0.956. The van der Waals surface area contributed by atoms with Crippen molar-refractivity contribution in [1.29, 1.82) is 0 Å². The molecule has 5 heteroatoms. The summed E-state index contributed by atoms with van der Waals surface area (Å²) in [6.45, 7) is 13.0. The Morgan fingerprint density at radius 2 is 1.33 bits per heavy atom. The second-order valence-corrected chi connectivity index (χ2v) is 13.3. The van der Waals surface area contributed by atoms with E-state index in [-0.39, 0.29) is 16.6 Å². The van der Waals surface area contributed by atoms with Crippen LogP contribution in [-0.2, 0) is 17.9 Å². The summed E-state index contributed by atoms with van der Waals surface area (Å²) in [4.78, 5) is 14.6. The van der Waals surface area contributed by atoms with Crippen molar-refractivity contribution in [3.05, 3.63) is 108 Å². The van der Waals surface area contributed by atoms with Gasteiger partial charge in [-0.15, -0.1) is 0 Å². The Balaban J connectivity index is 1.60. The van der Waals surface area contributed by atoms with Crippen molar-refractivity contribution in [2.75, 3.05) is 0 Å². The number of fused-ring (bicyclic) bond motifs is 1. The average Bonchev–Trinajstić information content (AvgIpc) is 3.33. The van der Waals surface area contributed by atoms with Crippen molar-refractivity contribution in [3.8, 4) is 50.6 Å². The fourth-order valence-electron chi connectivity index (χ4n) is 5.63. The molecule has 3 heterocycles. The molecule has 6 aromatic rings. The van der Waals surface area contributed by atoms with E-state index >= 15 is 0 Å². The van der Waals surface area contributed by atoms with Crippen molar-refractivity contribution in [2.24, 2.45) is 7.05 Å². The maximum atomic E-state index is 11.6. The Hall–Kier alpha value is -4.77. The van der Waals surface area contributed by atoms with E-state index in [1.807, 2.05) is 54.3 Å². The third-order valence-corrected chi connectivity index (χ3v) is 8.09. The van der Waals surface area contributed by atoms with Gasteiger partial charge < -0.3 is 9.67 Å². The number of hydrogen-bond acceptors (Lipinski definition) is 4. The highest BCUT2D eigenvalue weighted by Crippen LogP contribution is 2.43. The number of pyridine rings is 2. The highest BCUT2D eigenvalue weighted by atomic mass is 16.3. The van der Waals surface area contributed by atoms with E-state index in [1.165, 1.54) is 0 Å². The number of benzene rings is 3. The lowest BCUT2D eigenvalue weighted by Crippen LogP contribution is -2.17. The number of imidazole rings is 1. The number of rotatable bonds is 4. The molecular formula is C38H38N4O. The minimum atomic E-state index is -0.242. The molecule has 0 aliphatic heterocycles. The van der Waals surface area contributed by atoms with Crippen LogP contribution in [0.1, 0.15) is 52.7 Å². The maximum absolute atomic E-state index is 11.6. The van der Waals surface area contributed by atoms with Gasteiger partial charge in [-0.1, -0.05) is 84.0 Å². The normalized spacial score (nSPS) is 12.2. The summed E-state index contributed by atoms with van der Waals surface area (Å²) in [5, 5.41) is 11.6. The van der Waals surface area contributed by atoms with Gasteiger partial charge in [0.05, 0.1) is 11.3 Å². The van der Waals surface area contributed by atoms with Gasteiger partial charge in [0, 0.05) is 36.1 Å². The van der Waals surface area contributed by atoms with E-state index in [0.29, 0.717) is 5.82 Å². The van der Waals surface area contributed by atoms with Crippen LogP contribution in [-0.4, -0.2) is 24.6 Å². The van der Waals surface area contributed by atoms with Gasteiger partial charge in [-0.05, 0) is 75.5 Å². The van der Waals surface area contributed by atoms with Crippen LogP contribution < -0.4 is 0 Å². The van der Waals surface area contributed by atoms with E-state index in [4.69, 9.17) is 9.97 Å². The molecule has 0 atom stereocenters. The van der Waals surface area contributed by atoms with Crippen molar-refractivity contribution in [1.82, 2.24) is 19.5 Å². The smallest absolute Gasteiger partial charge is 0.160 e. The number of aromatic nitrogens is 4. The van der Waals surface area contributed by atoms with Crippen LogP contribution >= 0.6 is 0 Å². The van der Waals surface area contributed by atoms with Crippen molar-refractivity contribution in [2.45, 2.75) is 52.4 Å². The molecule has 1 N–H and O–H groups in total. The fraction of sp³-hybridized carbons (Fsp3) is 0.237. The van der Waals surface area contributed by atoms with E-state index in [0.717, 1.165) is 61.4 Å². The zero-order valence-electron chi connectivity index (χ0n) is 26.0. The average molecular weight is 567 g/mol. The first-order valence-electron chi connectivity index (χ1n) is 14.7. The van der Waals surface area contributed by atoms with Crippen LogP contribution in [0.2, 0.25) is 0 Å². The summed E-state index contributed by atoms with van der Waals surface area (Å²) in [6, 6.07) is 29.2. The summed E-state index contributed by atoms with van der Waals surface area (Å²) >= 11 is 0. The molecular weight excluding hydrogens is 528 g/mol. The Morgan fingerprint density at radius 3 is 2.00 bits per heavy atom. The molecule has 0 spiro atoms. The first kappa shape index (κ1) is 28.4. The van der Waals surface area contributed by atoms with Gasteiger partial charge in [-0.2, -0.15) is 0 Å². The highest BCUT2D eigenvalue weighted by Gasteiger charge is 2.27. The van der Waals surface area contributed by atoms with Gasteiger partial charge in [0.2, 0.25) is 0 Å². The topological polar surface area (TPSA) is 63.8 Å². The van der Waals surface area contributed by atoms with Crippen LogP contribution in [0, 0.1) is 0 Å². The highest BCUT2D eigenvalue weighted by molar-refractivity contribution is 5.94. The van der Waals surface area contributed by atoms with Crippen molar-refractivity contribution >= 4 is 11.2 Å². The standard InChI is InChI=1S/C38H38N4O/c1-37(2,3)28-22-30(34(43)31(23-28)38(4,5)6)35-41-33-29(16-18-40-36(33)42(35)7)26-19-25(24-13-9-8-10-14-24)20-27(21-26)32-15-11-12-17-39-32/h8-23,43H,1-7H3. The first-order valence-corrected chi connectivity index (χ1v) is 14.7. The fourth-order valence-corrected chi connectivity index (χ4v) is 5.63. The summed E-state index contributed by atoms with van der Waals surface area (Å²) < 4.78 is 1.99. The number of phenolic OH excluding ortho intramolecular Hbond substituents is 1. The maximum Gasteiger partial charge on any atom is 0.160 e. The molecule has 0 unspecified atom stereocenters. The number of hydrogen-bond donors (Lipinski definition) is 1. The zero-order chi connectivity index (χ0) is 30.5. The second-order valence-electron chi connectivity index (χ2n) is 13.3. The van der Waals surface area contributed by atoms with Crippen molar-refractivity contribution in [3.63, 3.8) is 0 Å². The summed E-state index contributed by atoms with van der Waals surface area (Å²) in [5.41, 5.74) is 10.2. The van der Waals surface area contributed by atoms with Crippen LogP contribution in [0.3, 0.4) is 0 Å². The predicted molar refractivity (Wildman–Crippen MR) is 177 cm³/mol.